The first kappa shape index (κ1) is 17.4. The molecule has 2 rings (SSSR count). The number of nitrogens with zero attached hydrogens (tertiary/aromatic N) is 1. The normalized spacial score (nSPS) is 16.5. The summed E-state index contributed by atoms with van der Waals surface area (Å²) < 4.78 is 13.2. The summed E-state index contributed by atoms with van der Waals surface area (Å²) in [5.74, 6) is -0.390. The lowest BCUT2D eigenvalue weighted by molar-refractivity contribution is -0.886. The molecule has 0 aromatic heterocycles. The van der Waals surface area contributed by atoms with Crippen LogP contribution in [0, 0.1) is 5.82 Å². The second-order valence-corrected chi connectivity index (χ2v) is 6.41. The van der Waals surface area contributed by atoms with Crippen molar-refractivity contribution >= 4 is 11.8 Å². The fraction of sp³-hybridized carbons (Fsp3) is 0.529. The molecule has 1 aliphatic rings. The number of carbonyl (C=O) groups excluding carboxylic acids is 2. The van der Waals surface area contributed by atoms with E-state index in [1.54, 1.807) is 24.1 Å². The van der Waals surface area contributed by atoms with Gasteiger partial charge >= 0.3 is 0 Å². The average Bonchev–Trinajstić information content (AvgIpc) is 3.29. The summed E-state index contributed by atoms with van der Waals surface area (Å²) in [5, 5.41) is 2.93. The third kappa shape index (κ3) is 5.32. The van der Waals surface area contributed by atoms with Gasteiger partial charge in [-0.3, -0.25) is 9.59 Å². The Kier molecular flexibility index (Phi) is 5.71. The highest BCUT2D eigenvalue weighted by Gasteiger charge is 2.29. The van der Waals surface area contributed by atoms with Crippen molar-refractivity contribution in [2.45, 2.75) is 38.4 Å². The molecule has 126 valence electrons. The van der Waals surface area contributed by atoms with E-state index in [2.05, 4.69) is 5.32 Å². The molecule has 1 aliphatic carbocycles. The molecule has 1 saturated carbocycles. The van der Waals surface area contributed by atoms with Crippen molar-refractivity contribution in [1.82, 2.24) is 10.2 Å². The Morgan fingerprint density at radius 1 is 1.43 bits per heavy atom. The van der Waals surface area contributed by atoms with Crippen LogP contribution in [0.15, 0.2) is 24.3 Å². The second kappa shape index (κ2) is 7.55. The van der Waals surface area contributed by atoms with Crippen LogP contribution in [-0.4, -0.2) is 49.4 Å². The summed E-state index contributed by atoms with van der Waals surface area (Å²) in [7, 11) is 3.53. The van der Waals surface area contributed by atoms with E-state index in [-0.39, 0.29) is 30.2 Å². The Morgan fingerprint density at radius 2 is 2.13 bits per heavy atom. The van der Waals surface area contributed by atoms with Gasteiger partial charge in [-0.1, -0.05) is 12.1 Å². The van der Waals surface area contributed by atoms with E-state index in [0.717, 1.165) is 23.3 Å². The minimum absolute atomic E-state index is 0.0163. The Hall–Kier alpha value is -1.95. The number of likely N-dealkylation sites (N-methyl/N-ethyl adjacent to an activating group) is 2. The summed E-state index contributed by atoms with van der Waals surface area (Å²) in [6.07, 6.45) is 2.10. The number of carbonyl (C=O) groups is 2. The third-order valence-electron chi connectivity index (χ3n) is 4.18. The van der Waals surface area contributed by atoms with Gasteiger partial charge in [0.1, 0.15) is 5.82 Å². The highest BCUT2D eigenvalue weighted by atomic mass is 19.1. The molecule has 0 radical (unpaired) electrons. The number of hydrogen-bond acceptors (Lipinski definition) is 2. The maximum atomic E-state index is 13.2. The van der Waals surface area contributed by atoms with E-state index in [1.165, 1.54) is 12.1 Å². The van der Waals surface area contributed by atoms with Crippen LogP contribution >= 0.6 is 0 Å². The molecule has 2 amide bonds. The van der Waals surface area contributed by atoms with E-state index in [9.17, 15) is 14.0 Å². The van der Waals surface area contributed by atoms with Crippen LogP contribution in [0.1, 0.15) is 25.3 Å². The lowest BCUT2D eigenvalue weighted by Gasteiger charge is -2.25. The largest absolute Gasteiger partial charge is 0.348 e. The van der Waals surface area contributed by atoms with Crippen molar-refractivity contribution in [3.8, 4) is 0 Å². The summed E-state index contributed by atoms with van der Waals surface area (Å²) in [6, 6.07) is 6.22. The van der Waals surface area contributed by atoms with E-state index in [1.807, 2.05) is 14.0 Å². The first-order chi connectivity index (χ1) is 10.9. The number of benzene rings is 1. The van der Waals surface area contributed by atoms with Crippen LogP contribution in [0.4, 0.5) is 4.39 Å². The first-order valence-electron chi connectivity index (χ1n) is 7.98. The van der Waals surface area contributed by atoms with Crippen LogP contribution in [0.2, 0.25) is 0 Å². The standard InChI is InChI=1S/C17H24FN3O2/c1-12(20(2)11-16(22)19-15-7-8-15)17(23)21(3)10-13-5-4-6-14(18)9-13/h4-6,9,12,15H,7-8,10-11H2,1-3H3,(H,19,22)/p+1/t12-/m1/s1. The summed E-state index contributed by atoms with van der Waals surface area (Å²) in [4.78, 5) is 26.7. The zero-order valence-electron chi connectivity index (χ0n) is 13.9. The van der Waals surface area contributed by atoms with Gasteiger partial charge in [-0.2, -0.15) is 0 Å². The Labute approximate surface area is 136 Å². The van der Waals surface area contributed by atoms with Gasteiger partial charge in [0.05, 0.1) is 7.05 Å². The van der Waals surface area contributed by atoms with Crippen molar-refractivity contribution in [2.24, 2.45) is 0 Å². The predicted molar refractivity (Wildman–Crippen MR) is 85.3 cm³/mol. The molecule has 2 atom stereocenters. The number of hydrogen-bond donors (Lipinski definition) is 2. The first-order valence-corrected chi connectivity index (χ1v) is 7.98. The van der Waals surface area contributed by atoms with Gasteiger partial charge in [-0.15, -0.1) is 0 Å². The minimum Gasteiger partial charge on any atom is -0.348 e. The summed E-state index contributed by atoms with van der Waals surface area (Å²) >= 11 is 0. The van der Waals surface area contributed by atoms with Crippen molar-refractivity contribution in [3.05, 3.63) is 35.6 Å². The van der Waals surface area contributed by atoms with Crippen molar-refractivity contribution in [1.29, 1.82) is 0 Å². The monoisotopic (exact) mass is 322 g/mol. The maximum Gasteiger partial charge on any atom is 0.280 e. The van der Waals surface area contributed by atoms with Gasteiger partial charge in [0, 0.05) is 19.6 Å². The maximum absolute atomic E-state index is 13.2. The molecule has 5 nitrogen and oxygen atoms in total. The summed E-state index contributed by atoms with van der Waals surface area (Å²) in [6.45, 7) is 2.43. The number of rotatable bonds is 7. The molecular formula is C17H25FN3O2+. The van der Waals surface area contributed by atoms with Gasteiger partial charge in [-0.05, 0) is 37.5 Å². The number of halogens is 1. The zero-order valence-corrected chi connectivity index (χ0v) is 13.9. The zero-order chi connectivity index (χ0) is 17.0. The lowest BCUT2D eigenvalue weighted by Crippen LogP contribution is -3.15. The van der Waals surface area contributed by atoms with Crippen molar-refractivity contribution in [3.63, 3.8) is 0 Å². The van der Waals surface area contributed by atoms with Gasteiger partial charge in [-0.25, -0.2) is 4.39 Å². The van der Waals surface area contributed by atoms with Gasteiger partial charge in [0.25, 0.3) is 11.8 Å². The number of amides is 2. The highest BCUT2D eigenvalue weighted by molar-refractivity contribution is 5.81. The quantitative estimate of drug-likeness (QED) is 0.740. The molecule has 0 aliphatic heterocycles. The summed E-state index contributed by atoms with van der Waals surface area (Å²) in [5.41, 5.74) is 0.747. The highest BCUT2D eigenvalue weighted by Crippen LogP contribution is 2.18. The minimum atomic E-state index is -0.335. The fourth-order valence-corrected chi connectivity index (χ4v) is 2.44. The van der Waals surface area contributed by atoms with E-state index in [4.69, 9.17) is 0 Å². The molecule has 1 fully saturated rings. The Morgan fingerprint density at radius 3 is 2.74 bits per heavy atom. The molecule has 6 heteroatoms. The number of nitrogens with one attached hydrogen (secondary N) is 2. The Balaban J connectivity index is 1.85. The van der Waals surface area contributed by atoms with Crippen LogP contribution in [0.3, 0.4) is 0 Å². The molecule has 0 spiro atoms. The van der Waals surface area contributed by atoms with E-state index >= 15 is 0 Å². The van der Waals surface area contributed by atoms with Gasteiger partial charge in [0.2, 0.25) is 0 Å². The van der Waals surface area contributed by atoms with Crippen LogP contribution in [0.5, 0.6) is 0 Å². The molecule has 0 saturated heterocycles. The molecular weight excluding hydrogens is 297 g/mol. The SMILES string of the molecule is C[C@H](C(=O)N(C)Cc1cccc(F)c1)[NH+](C)CC(=O)NC1CC1. The molecule has 0 bridgehead atoms. The smallest absolute Gasteiger partial charge is 0.280 e. The van der Waals surface area contributed by atoms with Crippen LogP contribution in [0.25, 0.3) is 0 Å². The Bertz CT molecular complexity index is 575. The lowest BCUT2D eigenvalue weighted by atomic mass is 10.2. The molecule has 1 unspecified atom stereocenters. The molecule has 1 aromatic rings. The van der Waals surface area contributed by atoms with Gasteiger partial charge < -0.3 is 15.1 Å². The predicted octanol–water partition coefficient (Wildman–Crippen LogP) is -0.0341. The molecule has 0 heterocycles. The average molecular weight is 322 g/mol. The van der Waals surface area contributed by atoms with Crippen LogP contribution < -0.4 is 10.2 Å². The van der Waals surface area contributed by atoms with Crippen molar-refractivity contribution < 1.29 is 18.9 Å². The molecule has 2 N–H and O–H groups in total. The van der Waals surface area contributed by atoms with E-state index in [0.29, 0.717) is 12.6 Å². The molecule has 23 heavy (non-hydrogen) atoms. The second-order valence-electron chi connectivity index (χ2n) is 6.41. The van der Waals surface area contributed by atoms with E-state index < -0.39 is 0 Å². The van der Waals surface area contributed by atoms with Crippen molar-refractivity contribution in [2.75, 3.05) is 20.6 Å². The fourth-order valence-electron chi connectivity index (χ4n) is 2.44. The number of quaternary nitrogens is 1. The third-order valence-corrected chi connectivity index (χ3v) is 4.18. The topological polar surface area (TPSA) is 53.9 Å². The van der Waals surface area contributed by atoms with Gasteiger partial charge in [0.15, 0.2) is 12.6 Å². The molecule has 1 aromatic carbocycles. The van der Waals surface area contributed by atoms with Crippen LogP contribution in [-0.2, 0) is 16.1 Å².